The van der Waals surface area contributed by atoms with Crippen LogP contribution >= 0.6 is 0 Å². The van der Waals surface area contributed by atoms with Crippen molar-refractivity contribution in [2.75, 3.05) is 6.61 Å². The Labute approximate surface area is 93.0 Å². The molecule has 6 heteroatoms. The first-order chi connectivity index (χ1) is 7.88. The third-order valence-corrected chi connectivity index (χ3v) is 1.95. The van der Waals surface area contributed by atoms with Crippen LogP contribution in [0.15, 0.2) is 24.3 Å². The van der Waals surface area contributed by atoms with Gasteiger partial charge < -0.3 is 10.1 Å². The molecule has 0 amide bonds. The molecule has 0 aliphatic heterocycles. The number of nitrogens with one attached hydrogen (secondary N) is 1. The van der Waals surface area contributed by atoms with Gasteiger partial charge in [-0.05, 0) is 24.6 Å². The lowest BCUT2D eigenvalue weighted by molar-refractivity contribution is 0.340. The second-order valence-electron chi connectivity index (χ2n) is 3.11. The first-order valence-electron chi connectivity index (χ1n) is 5.01. The Morgan fingerprint density at radius 2 is 2.38 bits per heavy atom. The van der Waals surface area contributed by atoms with Crippen LogP contribution in [0.5, 0.6) is 5.75 Å². The monoisotopic (exact) mass is 218 g/mol. The maximum absolute atomic E-state index is 5.39. The lowest BCUT2D eigenvalue weighted by atomic mass is 10.2. The van der Waals surface area contributed by atoms with E-state index in [0.717, 1.165) is 11.3 Å². The van der Waals surface area contributed by atoms with E-state index in [9.17, 15) is 0 Å². The quantitative estimate of drug-likeness (QED) is 0.830. The van der Waals surface area contributed by atoms with E-state index >= 15 is 0 Å². The van der Waals surface area contributed by atoms with Gasteiger partial charge in [-0.25, -0.2) is 0 Å². The summed E-state index contributed by atoms with van der Waals surface area (Å²) in [6, 6.07) is 7.78. The van der Waals surface area contributed by atoms with Gasteiger partial charge in [-0.1, -0.05) is 12.1 Å². The Hall–Kier alpha value is -2.11. The fourth-order valence-corrected chi connectivity index (χ4v) is 1.29. The minimum Gasteiger partial charge on any atom is -0.494 e. The maximum atomic E-state index is 5.39. The summed E-state index contributed by atoms with van der Waals surface area (Å²) in [6.45, 7) is 3.13. The van der Waals surface area contributed by atoms with E-state index in [1.807, 2.05) is 31.2 Å². The molecule has 1 heterocycles. The van der Waals surface area contributed by atoms with Crippen LogP contribution in [0.4, 0.5) is 5.95 Å². The number of aromatic amines is 1. The van der Waals surface area contributed by atoms with E-state index in [1.54, 1.807) is 0 Å². The standard InChI is InChI=1S/C10H12N5O/c1-2-16-9-5-3-4-8(6-9)7-11-10-12-14-15-13-10/h3-6H,2,7H2,1H3,(H-,11,12,13,14,15)/q-1. The summed E-state index contributed by atoms with van der Waals surface area (Å²) in [5.74, 6) is 1.21. The molecule has 16 heavy (non-hydrogen) atoms. The second-order valence-corrected chi connectivity index (χ2v) is 3.11. The number of H-pyrrole nitrogens is 1. The number of hydrogen-bond acceptors (Lipinski definition) is 4. The molecule has 0 aliphatic carbocycles. The van der Waals surface area contributed by atoms with Gasteiger partial charge in [-0.3, -0.25) is 15.4 Å². The van der Waals surface area contributed by atoms with Crippen molar-refractivity contribution in [2.45, 2.75) is 13.5 Å². The van der Waals surface area contributed by atoms with Crippen molar-refractivity contribution in [3.05, 3.63) is 35.1 Å². The Bertz CT molecular complexity index is 429. The van der Waals surface area contributed by atoms with Crippen LogP contribution in [0.3, 0.4) is 0 Å². The van der Waals surface area contributed by atoms with Gasteiger partial charge in [0.05, 0.1) is 12.6 Å². The van der Waals surface area contributed by atoms with E-state index in [2.05, 4.69) is 25.9 Å². The third-order valence-electron chi connectivity index (χ3n) is 1.95. The first-order valence-corrected chi connectivity index (χ1v) is 5.01. The van der Waals surface area contributed by atoms with Crippen molar-refractivity contribution >= 4 is 5.95 Å². The molecule has 84 valence electrons. The molecule has 0 saturated heterocycles. The van der Waals surface area contributed by atoms with Crippen molar-refractivity contribution in [1.82, 2.24) is 20.6 Å². The highest BCUT2D eigenvalue weighted by Gasteiger charge is 1.95. The smallest absolute Gasteiger partial charge is 0.119 e. The summed E-state index contributed by atoms with van der Waals surface area (Å²) in [4.78, 5) is 0. The molecule has 1 aromatic carbocycles. The molecule has 1 aromatic heterocycles. The van der Waals surface area contributed by atoms with Crippen LogP contribution in [-0.2, 0) is 6.54 Å². The van der Waals surface area contributed by atoms with Crippen molar-refractivity contribution in [1.29, 1.82) is 0 Å². The predicted molar refractivity (Wildman–Crippen MR) is 58.5 cm³/mol. The summed E-state index contributed by atoms with van der Waals surface area (Å²) >= 11 is 0. The van der Waals surface area contributed by atoms with Crippen molar-refractivity contribution in [3.8, 4) is 5.75 Å². The van der Waals surface area contributed by atoms with Crippen molar-refractivity contribution in [3.63, 3.8) is 0 Å². The van der Waals surface area contributed by atoms with E-state index < -0.39 is 0 Å². The van der Waals surface area contributed by atoms with E-state index in [4.69, 9.17) is 4.74 Å². The Balaban J connectivity index is 1.96. The third kappa shape index (κ3) is 2.69. The van der Waals surface area contributed by atoms with Crippen LogP contribution in [0.1, 0.15) is 12.5 Å². The number of ether oxygens (including phenoxy) is 1. The zero-order chi connectivity index (χ0) is 11.2. The molecule has 6 nitrogen and oxygen atoms in total. The summed E-state index contributed by atoms with van der Waals surface area (Å²) < 4.78 is 5.39. The number of rotatable bonds is 5. The minimum atomic E-state index is 0.363. The number of nitrogens with zero attached hydrogens (tertiary/aromatic N) is 4. The Morgan fingerprint density at radius 1 is 1.44 bits per heavy atom. The first kappa shape index (κ1) is 10.4. The van der Waals surface area contributed by atoms with Crippen LogP contribution in [0.2, 0.25) is 0 Å². The molecule has 0 fully saturated rings. The maximum Gasteiger partial charge on any atom is 0.119 e. The van der Waals surface area contributed by atoms with E-state index in [-0.39, 0.29) is 0 Å². The number of aromatic nitrogens is 4. The summed E-state index contributed by atoms with van der Waals surface area (Å²) in [5, 5.41) is 17.4. The molecule has 2 rings (SSSR count). The molecule has 0 bridgehead atoms. The summed E-state index contributed by atoms with van der Waals surface area (Å²) in [7, 11) is 0. The van der Waals surface area contributed by atoms with Crippen molar-refractivity contribution < 1.29 is 4.74 Å². The highest BCUT2D eigenvalue weighted by Crippen LogP contribution is 2.18. The Morgan fingerprint density at radius 3 is 3.12 bits per heavy atom. The molecular formula is C10H12N5O-. The topological polar surface area (TPSA) is 77.8 Å². The molecule has 0 radical (unpaired) electrons. The minimum absolute atomic E-state index is 0.363. The van der Waals surface area contributed by atoms with E-state index in [0.29, 0.717) is 19.1 Å². The fourth-order valence-electron chi connectivity index (χ4n) is 1.29. The normalized spacial score (nSPS) is 10.1. The SMILES string of the molecule is CCOc1cccc(C[N-]c2nn[nH]n2)c1. The molecule has 0 aliphatic rings. The molecule has 0 spiro atoms. The van der Waals surface area contributed by atoms with Crippen LogP contribution in [-0.4, -0.2) is 27.2 Å². The van der Waals surface area contributed by atoms with Gasteiger partial charge >= 0.3 is 0 Å². The molecule has 0 unspecified atom stereocenters. The lowest BCUT2D eigenvalue weighted by Gasteiger charge is -2.08. The summed E-state index contributed by atoms with van der Waals surface area (Å²) in [6.07, 6.45) is 0. The Kier molecular flexibility index (Phi) is 3.32. The highest BCUT2D eigenvalue weighted by atomic mass is 16.5. The molecule has 1 N–H and O–H groups in total. The van der Waals surface area contributed by atoms with Gasteiger partial charge in [0.15, 0.2) is 0 Å². The molecular weight excluding hydrogens is 206 g/mol. The van der Waals surface area contributed by atoms with Crippen molar-refractivity contribution in [2.24, 2.45) is 0 Å². The van der Waals surface area contributed by atoms with Gasteiger partial charge in [-0.2, -0.15) is 0 Å². The largest absolute Gasteiger partial charge is 0.494 e. The van der Waals surface area contributed by atoms with E-state index in [1.165, 1.54) is 0 Å². The fraction of sp³-hybridized carbons (Fsp3) is 0.300. The molecule has 0 atom stereocenters. The highest BCUT2D eigenvalue weighted by molar-refractivity contribution is 5.34. The van der Waals surface area contributed by atoms with Crippen LogP contribution < -0.4 is 4.74 Å². The predicted octanol–water partition coefficient (Wildman–Crippen LogP) is 1.80. The second kappa shape index (κ2) is 5.11. The van der Waals surface area contributed by atoms with Gasteiger partial charge in [-0.15, -0.1) is 5.21 Å². The average Bonchev–Trinajstić information content (AvgIpc) is 2.80. The molecule has 0 saturated carbocycles. The van der Waals surface area contributed by atoms with Gasteiger partial charge in [0, 0.05) is 6.54 Å². The van der Waals surface area contributed by atoms with Gasteiger partial charge in [0.1, 0.15) is 5.75 Å². The van der Waals surface area contributed by atoms with Crippen LogP contribution in [0, 0.1) is 0 Å². The number of tetrazole rings is 1. The van der Waals surface area contributed by atoms with Gasteiger partial charge in [0.2, 0.25) is 0 Å². The zero-order valence-electron chi connectivity index (χ0n) is 8.92. The average molecular weight is 218 g/mol. The summed E-state index contributed by atoms with van der Waals surface area (Å²) in [5.41, 5.74) is 1.05. The lowest BCUT2D eigenvalue weighted by Crippen LogP contribution is -1.92. The number of hydrogen-bond donors (Lipinski definition) is 1. The number of benzene rings is 1. The zero-order valence-corrected chi connectivity index (χ0v) is 8.92. The van der Waals surface area contributed by atoms with Crippen LogP contribution in [0.25, 0.3) is 5.32 Å². The van der Waals surface area contributed by atoms with Gasteiger partial charge in [0.25, 0.3) is 0 Å². The molecule has 2 aromatic rings.